The standard InChI is InChI=1S/C18H20FN3O3/c1-12-7-8-15(9-13(12)2)25-11-17(23)21-22-18(24)20-10-14-5-3-4-6-16(14)19/h3-9H,10-11H2,1-2H3,(H,21,23)(H2,20,22,24). The molecule has 2 rings (SSSR count). The lowest BCUT2D eigenvalue weighted by molar-refractivity contribution is -0.123. The zero-order chi connectivity index (χ0) is 18.2. The fourth-order valence-electron chi connectivity index (χ4n) is 1.98. The molecule has 0 aliphatic heterocycles. The van der Waals surface area contributed by atoms with Crippen molar-refractivity contribution < 1.29 is 18.7 Å². The van der Waals surface area contributed by atoms with Gasteiger partial charge in [-0.3, -0.25) is 10.2 Å². The molecule has 0 atom stereocenters. The van der Waals surface area contributed by atoms with Crippen molar-refractivity contribution in [2.24, 2.45) is 0 Å². The number of hydrogen-bond acceptors (Lipinski definition) is 3. The molecule has 2 aromatic carbocycles. The molecule has 0 aliphatic carbocycles. The first-order valence-corrected chi connectivity index (χ1v) is 7.72. The van der Waals surface area contributed by atoms with Crippen LogP contribution in [0.3, 0.4) is 0 Å². The number of ether oxygens (including phenoxy) is 1. The largest absolute Gasteiger partial charge is 0.484 e. The van der Waals surface area contributed by atoms with Crippen molar-refractivity contribution >= 4 is 11.9 Å². The highest BCUT2D eigenvalue weighted by molar-refractivity contribution is 5.81. The lowest BCUT2D eigenvalue weighted by atomic mass is 10.1. The molecule has 25 heavy (non-hydrogen) atoms. The maximum absolute atomic E-state index is 13.4. The van der Waals surface area contributed by atoms with Gasteiger partial charge < -0.3 is 10.1 Å². The molecule has 2 aromatic rings. The number of carbonyl (C=O) groups is 2. The first kappa shape index (κ1) is 18.3. The third kappa shape index (κ3) is 5.80. The maximum Gasteiger partial charge on any atom is 0.333 e. The van der Waals surface area contributed by atoms with Crippen LogP contribution >= 0.6 is 0 Å². The van der Waals surface area contributed by atoms with E-state index in [2.05, 4.69) is 16.2 Å². The highest BCUT2D eigenvalue weighted by Crippen LogP contribution is 2.16. The average molecular weight is 345 g/mol. The van der Waals surface area contributed by atoms with Crippen LogP contribution in [0.1, 0.15) is 16.7 Å². The van der Waals surface area contributed by atoms with Gasteiger partial charge in [0.25, 0.3) is 5.91 Å². The Morgan fingerprint density at radius 1 is 1.04 bits per heavy atom. The normalized spacial score (nSPS) is 10.0. The molecule has 3 N–H and O–H groups in total. The fraction of sp³-hybridized carbons (Fsp3) is 0.222. The number of hydrazine groups is 1. The van der Waals surface area contributed by atoms with Crippen LogP contribution in [-0.4, -0.2) is 18.5 Å². The van der Waals surface area contributed by atoms with Gasteiger partial charge in [0.15, 0.2) is 6.61 Å². The fourth-order valence-corrected chi connectivity index (χ4v) is 1.98. The van der Waals surface area contributed by atoms with E-state index in [1.54, 1.807) is 24.3 Å². The minimum atomic E-state index is -0.650. The molecule has 3 amide bonds. The van der Waals surface area contributed by atoms with Gasteiger partial charge >= 0.3 is 6.03 Å². The highest BCUT2D eigenvalue weighted by Gasteiger charge is 2.07. The van der Waals surface area contributed by atoms with E-state index in [0.717, 1.165) is 11.1 Å². The number of benzene rings is 2. The van der Waals surface area contributed by atoms with Crippen LogP contribution < -0.4 is 20.9 Å². The third-order valence-electron chi connectivity index (χ3n) is 3.56. The van der Waals surface area contributed by atoms with Gasteiger partial charge in [0, 0.05) is 12.1 Å². The van der Waals surface area contributed by atoms with E-state index < -0.39 is 17.8 Å². The molecule has 132 valence electrons. The maximum atomic E-state index is 13.4. The van der Waals surface area contributed by atoms with Crippen molar-refractivity contribution in [3.05, 3.63) is 65.0 Å². The SMILES string of the molecule is Cc1ccc(OCC(=O)NNC(=O)NCc2ccccc2F)cc1C. The molecular weight excluding hydrogens is 325 g/mol. The predicted molar refractivity (Wildman–Crippen MR) is 91.3 cm³/mol. The number of rotatable bonds is 5. The summed E-state index contributed by atoms with van der Waals surface area (Å²) in [6.07, 6.45) is 0. The first-order chi connectivity index (χ1) is 12.0. The van der Waals surface area contributed by atoms with Crippen molar-refractivity contribution in [1.82, 2.24) is 16.2 Å². The molecule has 0 fully saturated rings. The predicted octanol–water partition coefficient (Wildman–Crippen LogP) is 2.35. The minimum Gasteiger partial charge on any atom is -0.484 e. The van der Waals surface area contributed by atoms with Gasteiger partial charge in [-0.15, -0.1) is 0 Å². The van der Waals surface area contributed by atoms with E-state index in [1.165, 1.54) is 6.07 Å². The molecule has 6 nitrogen and oxygen atoms in total. The number of nitrogens with one attached hydrogen (secondary N) is 3. The molecule has 0 aliphatic rings. The summed E-state index contributed by atoms with van der Waals surface area (Å²) in [5, 5.41) is 2.44. The van der Waals surface area contributed by atoms with E-state index in [9.17, 15) is 14.0 Å². The van der Waals surface area contributed by atoms with Crippen LogP contribution in [0.15, 0.2) is 42.5 Å². The molecule has 0 saturated carbocycles. The van der Waals surface area contributed by atoms with E-state index in [4.69, 9.17) is 4.74 Å². The number of carbonyl (C=O) groups excluding carboxylic acids is 2. The summed E-state index contributed by atoms with van der Waals surface area (Å²) in [5.74, 6) is -0.352. The lowest BCUT2D eigenvalue weighted by Gasteiger charge is -2.11. The Labute approximate surface area is 145 Å². The van der Waals surface area contributed by atoms with E-state index in [-0.39, 0.29) is 13.2 Å². The van der Waals surface area contributed by atoms with E-state index >= 15 is 0 Å². The molecule has 0 radical (unpaired) electrons. The summed E-state index contributed by atoms with van der Waals surface area (Å²) >= 11 is 0. The first-order valence-electron chi connectivity index (χ1n) is 7.72. The summed E-state index contributed by atoms with van der Waals surface area (Å²) in [6, 6.07) is 11.0. The quantitative estimate of drug-likeness (QED) is 0.728. The van der Waals surface area contributed by atoms with Gasteiger partial charge in [-0.25, -0.2) is 14.6 Å². The second kappa shape index (κ2) is 8.68. The number of hydrogen-bond donors (Lipinski definition) is 3. The molecule has 0 bridgehead atoms. The van der Waals surface area contributed by atoms with Crippen LogP contribution in [0, 0.1) is 19.7 Å². The molecular formula is C18H20FN3O3. The Morgan fingerprint density at radius 2 is 1.80 bits per heavy atom. The molecule has 0 aromatic heterocycles. The second-order valence-electron chi connectivity index (χ2n) is 5.48. The Bertz CT molecular complexity index is 765. The highest BCUT2D eigenvalue weighted by atomic mass is 19.1. The van der Waals surface area contributed by atoms with Gasteiger partial charge in [-0.05, 0) is 43.2 Å². The van der Waals surface area contributed by atoms with Crippen molar-refractivity contribution in [3.8, 4) is 5.75 Å². The van der Waals surface area contributed by atoms with Gasteiger partial charge in [0.05, 0.1) is 0 Å². The summed E-state index contributed by atoms with van der Waals surface area (Å²) in [4.78, 5) is 23.3. The van der Waals surface area contributed by atoms with Gasteiger partial charge in [-0.1, -0.05) is 24.3 Å². The van der Waals surface area contributed by atoms with Crippen LogP contribution in [0.2, 0.25) is 0 Å². The Kier molecular flexibility index (Phi) is 6.33. The van der Waals surface area contributed by atoms with Crippen LogP contribution in [0.5, 0.6) is 5.75 Å². The second-order valence-corrected chi connectivity index (χ2v) is 5.48. The number of halogens is 1. The third-order valence-corrected chi connectivity index (χ3v) is 3.56. The lowest BCUT2D eigenvalue weighted by Crippen LogP contribution is -2.48. The minimum absolute atomic E-state index is 0.00746. The molecule has 0 unspecified atom stereocenters. The van der Waals surface area contributed by atoms with Crippen LogP contribution in [-0.2, 0) is 11.3 Å². The smallest absolute Gasteiger partial charge is 0.333 e. The van der Waals surface area contributed by atoms with Crippen molar-refractivity contribution in [3.63, 3.8) is 0 Å². The van der Waals surface area contributed by atoms with Crippen LogP contribution in [0.4, 0.5) is 9.18 Å². The average Bonchev–Trinajstić information content (AvgIpc) is 2.60. The van der Waals surface area contributed by atoms with Crippen molar-refractivity contribution in [1.29, 1.82) is 0 Å². The summed E-state index contributed by atoms with van der Waals surface area (Å²) in [7, 11) is 0. The molecule has 0 spiro atoms. The Morgan fingerprint density at radius 3 is 2.52 bits per heavy atom. The Balaban J connectivity index is 1.69. The number of urea groups is 1. The van der Waals surface area contributed by atoms with Gasteiger partial charge in [-0.2, -0.15) is 0 Å². The zero-order valence-electron chi connectivity index (χ0n) is 14.1. The van der Waals surface area contributed by atoms with Gasteiger partial charge in [0.2, 0.25) is 0 Å². The number of amides is 3. The summed E-state index contributed by atoms with van der Waals surface area (Å²) in [6.45, 7) is 3.70. The summed E-state index contributed by atoms with van der Waals surface area (Å²) in [5.41, 5.74) is 6.92. The van der Waals surface area contributed by atoms with E-state index in [1.807, 2.05) is 26.0 Å². The molecule has 0 heterocycles. The van der Waals surface area contributed by atoms with E-state index in [0.29, 0.717) is 11.3 Å². The van der Waals surface area contributed by atoms with Crippen molar-refractivity contribution in [2.45, 2.75) is 20.4 Å². The topological polar surface area (TPSA) is 79.5 Å². The van der Waals surface area contributed by atoms with Gasteiger partial charge in [0.1, 0.15) is 11.6 Å². The monoisotopic (exact) mass is 345 g/mol. The summed E-state index contributed by atoms with van der Waals surface area (Å²) < 4.78 is 18.8. The van der Waals surface area contributed by atoms with Crippen LogP contribution in [0.25, 0.3) is 0 Å². The van der Waals surface area contributed by atoms with Crippen molar-refractivity contribution in [2.75, 3.05) is 6.61 Å². The molecule has 0 saturated heterocycles. The number of aryl methyl sites for hydroxylation is 2. The Hall–Kier alpha value is -3.09. The molecule has 7 heteroatoms. The zero-order valence-corrected chi connectivity index (χ0v) is 14.1.